The molecule has 3 heterocycles. The zero-order valence-electron chi connectivity index (χ0n) is 15.2. The molecule has 0 amide bonds. The van der Waals surface area contributed by atoms with Gasteiger partial charge in [0.15, 0.2) is 29.2 Å². The van der Waals surface area contributed by atoms with Gasteiger partial charge in [0.25, 0.3) is 0 Å². The van der Waals surface area contributed by atoms with Gasteiger partial charge in [-0.1, -0.05) is 11.6 Å². The van der Waals surface area contributed by atoms with Gasteiger partial charge < -0.3 is 18.9 Å². The van der Waals surface area contributed by atoms with E-state index in [0.717, 1.165) is 0 Å². The molecular formula is C16H17ClN4O7. The quantitative estimate of drug-likeness (QED) is 0.394. The van der Waals surface area contributed by atoms with E-state index in [1.54, 1.807) is 0 Å². The van der Waals surface area contributed by atoms with Crippen molar-refractivity contribution < 1.29 is 33.3 Å². The van der Waals surface area contributed by atoms with Gasteiger partial charge in [-0.05, 0) is 0 Å². The Kier molecular flexibility index (Phi) is 5.75. The lowest BCUT2D eigenvalue weighted by molar-refractivity contribution is -0.166. The number of esters is 3. The Morgan fingerprint density at radius 3 is 2.39 bits per heavy atom. The Labute approximate surface area is 163 Å². The summed E-state index contributed by atoms with van der Waals surface area (Å²) >= 11 is 6.03. The molecule has 1 aliphatic heterocycles. The van der Waals surface area contributed by atoms with E-state index in [9.17, 15) is 14.4 Å². The van der Waals surface area contributed by atoms with Crippen LogP contribution in [0.3, 0.4) is 0 Å². The van der Waals surface area contributed by atoms with Crippen LogP contribution in [0.4, 0.5) is 0 Å². The average molecular weight is 413 g/mol. The van der Waals surface area contributed by atoms with Gasteiger partial charge in [0.2, 0.25) is 0 Å². The summed E-state index contributed by atoms with van der Waals surface area (Å²) in [6, 6.07) is 0. The topological polar surface area (TPSA) is 132 Å². The van der Waals surface area contributed by atoms with Crippen LogP contribution in [0, 0.1) is 0 Å². The minimum Gasteiger partial charge on any atom is -0.463 e. The first-order chi connectivity index (χ1) is 13.3. The molecule has 4 atom stereocenters. The lowest BCUT2D eigenvalue weighted by Gasteiger charge is -2.23. The molecule has 1 saturated heterocycles. The second-order valence-electron chi connectivity index (χ2n) is 6.00. The van der Waals surface area contributed by atoms with Crippen LogP contribution >= 0.6 is 11.6 Å². The van der Waals surface area contributed by atoms with Crippen molar-refractivity contribution in [2.45, 2.75) is 45.3 Å². The van der Waals surface area contributed by atoms with Crippen molar-refractivity contribution in [1.82, 2.24) is 19.5 Å². The van der Waals surface area contributed by atoms with E-state index in [1.165, 1.54) is 38.0 Å². The predicted octanol–water partition coefficient (Wildman–Crippen LogP) is 0.804. The van der Waals surface area contributed by atoms with Crippen molar-refractivity contribution in [2.24, 2.45) is 0 Å². The highest BCUT2D eigenvalue weighted by molar-refractivity contribution is 6.33. The van der Waals surface area contributed by atoms with Crippen molar-refractivity contribution in [1.29, 1.82) is 0 Å². The molecule has 11 nitrogen and oxygen atoms in total. The first kappa shape index (κ1) is 20.0. The number of ether oxygens (including phenoxy) is 4. The number of hydrogen-bond acceptors (Lipinski definition) is 10. The zero-order valence-corrected chi connectivity index (χ0v) is 16.0. The smallest absolute Gasteiger partial charge is 0.303 e. The van der Waals surface area contributed by atoms with Gasteiger partial charge in [-0.25, -0.2) is 15.0 Å². The summed E-state index contributed by atoms with van der Waals surface area (Å²) in [5.74, 6) is -1.76. The molecule has 150 valence electrons. The number of aromatic nitrogens is 4. The van der Waals surface area contributed by atoms with Crippen LogP contribution in [0.25, 0.3) is 11.2 Å². The Balaban J connectivity index is 2.01. The Bertz CT molecular complexity index is 918. The van der Waals surface area contributed by atoms with Crippen LogP contribution in [0.1, 0.15) is 27.0 Å². The molecule has 12 heteroatoms. The SMILES string of the molecule is CC(=O)OC[C@H]1O[C@@H](n2cnc3c(Cl)ncnc32)[C@@H](OC(C)=O)C1OC(C)=O. The number of halogens is 1. The van der Waals surface area contributed by atoms with Gasteiger partial charge in [0.1, 0.15) is 24.6 Å². The number of imidazole rings is 1. The largest absolute Gasteiger partial charge is 0.463 e. The lowest BCUT2D eigenvalue weighted by Crippen LogP contribution is -2.40. The van der Waals surface area contributed by atoms with E-state index >= 15 is 0 Å². The highest BCUT2D eigenvalue weighted by atomic mass is 35.5. The van der Waals surface area contributed by atoms with Crippen molar-refractivity contribution in [3.05, 3.63) is 17.8 Å². The van der Waals surface area contributed by atoms with E-state index in [2.05, 4.69) is 15.0 Å². The number of rotatable bonds is 5. The van der Waals surface area contributed by atoms with Crippen LogP contribution in [-0.2, 0) is 33.3 Å². The van der Waals surface area contributed by atoms with E-state index in [-0.39, 0.29) is 11.8 Å². The minimum atomic E-state index is -1.03. The normalized spacial score (nSPS) is 24.1. The molecule has 2 aromatic rings. The Morgan fingerprint density at radius 2 is 1.75 bits per heavy atom. The Hall–Kier alpha value is -2.79. The third kappa shape index (κ3) is 4.04. The highest BCUT2D eigenvalue weighted by Gasteiger charge is 2.51. The number of hydrogen-bond donors (Lipinski definition) is 0. The maximum Gasteiger partial charge on any atom is 0.303 e. The predicted molar refractivity (Wildman–Crippen MR) is 92.0 cm³/mol. The molecule has 3 rings (SSSR count). The van der Waals surface area contributed by atoms with Crippen LogP contribution in [0.2, 0.25) is 5.15 Å². The maximum atomic E-state index is 11.7. The van der Waals surface area contributed by atoms with Gasteiger partial charge >= 0.3 is 17.9 Å². The third-order valence-electron chi connectivity index (χ3n) is 3.93. The molecular weight excluding hydrogens is 396 g/mol. The molecule has 1 aliphatic rings. The van der Waals surface area contributed by atoms with Gasteiger partial charge in [-0.3, -0.25) is 19.0 Å². The van der Waals surface area contributed by atoms with Crippen molar-refractivity contribution in [2.75, 3.05) is 6.61 Å². The van der Waals surface area contributed by atoms with Crippen LogP contribution < -0.4 is 0 Å². The first-order valence-electron chi connectivity index (χ1n) is 8.24. The summed E-state index contributed by atoms with van der Waals surface area (Å²) in [7, 11) is 0. The fourth-order valence-electron chi connectivity index (χ4n) is 2.93. The van der Waals surface area contributed by atoms with Gasteiger partial charge in [-0.2, -0.15) is 0 Å². The monoisotopic (exact) mass is 412 g/mol. The fraction of sp³-hybridized carbons (Fsp3) is 0.500. The van der Waals surface area contributed by atoms with Crippen molar-refractivity contribution >= 4 is 40.7 Å². The van der Waals surface area contributed by atoms with Gasteiger partial charge in [-0.15, -0.1) is 0 Å². The minimum absolute atomic E-state index is 0.138. The molecule has 0 aliphatic carbocycles. The lowest BCUT2D eigenvalue weighted by atomic mass is 10.1. The van der Waals surface area contributed by atoms with E-state index in [0.29, 0.717) is 11.2 Å². The summed E-state index contributed by atoms with van der Waals surface area (Å²) in [4.78, 5) is 46.6. The molecule has 1 unspecified atom stereocenters. The zero-order chi connectivity index (χ0) is 20.4. The molecule has 0 N–H and O–H groups in total. The molecule has 1 fully saturated rings. The summed E-state index contributed by atoms with van der Waals surface area (Å²) < 4.78 is 23.1. The molecule has 0 bridgehead atoms. The standard InChI is InChI=1S/C16H17ClN4O7/c1-7(22)25-4-10-12(26-8(2)23)13(27-9(3)24)16(28-10)21-6-20-11-14(17)18-5-19-15(11)21/h5-6,10,12-13,16H,4H2,1-3H3/t10-,12?,13+,16-/m1/s1. The van der Waals surface area contributed by atoms with Crippen molar-refractivity contribution in [3.63, 3.8) is 0 Å². The number of fused-ring (bicyclic) bond motifs is 1. The third-order valence-corrected chi connectivity index (χ3v) is 4.21. The van der Waals surface area contributed by atoms with Crippen LogP contribution in [-0.4, -0.2) is 62.3 Å². The second kappa shape index (κ2) is 8.07. The molecule has 0 radical (unpaired) electrons. The van der Waals surface area contributed by atoms with Crippen molar-refractivity contribution in [3.8, 4) is 0 Å². The fourth-order valence-corrected chi connectivity index (χ4v) is 3.10. The van der Waals surface area contributed by atoms with E-state index in [4.69, 9.17) is 30.5 Å². The molecule has 0 aromatic carbocycles. The Morgan fingerprint density at radius 1 is 1.07 bits per heavy atom. The number of nitrogens with zero attached hydrogens (tertiary/aromatic N) is 4. The second-order valence-corrected chi connectivity index (χ2v) is 6.36. The summed E-state index contributed by atoms with van der Waals surface area (Å²) in [6.45, 7) is 3.45. The highest BCUT2D eigenvalue weighted by Crippen LogP contribution is 2.36. The molecule has 28 heavy (non-hydrogen) atoms. The van der Waals surface area contributed by atoms with E-state index < -0.39 is 42.4 Å². The number of carbonyl (C=O) groups excluding carboxylic acids is 3. The molecule has 0 spiro atoms. The van der Waals surface area contributed by atoms with Gasteiger partial charge in [0, 0.05) is 20.8 Å². The van der Waals surface area contributed by atoms with Crippen LogP contribution in [0.15, 0.2) is 12.7 Å². The average Bonchev–Trinajstić information content (AvgIpc) is 3.16. The summed E-state index contributed by atoms with van der Waals surface area (Å²) in [5, 5.41) is 0.138. The van der Waals surface area contributed by atoms with E-state index in [1.807, 2.05) is 0 Å². The maximum absolute atomic E-state index is 11.7. The molecule has 0 saturated carbocycles. The number of carbonyl (C=O) groups is 3. The van der Waals surface area contributed by atoms with Gasteiger partial charge in [0.05, 0.1) is 6.33 Å². The summed E-state index contributed by atoms with van der Waals surface area (Å²) in [6.07, 6.45) is -1.24. The first-order valence-corrected chi connectivity index (χ1v) is 8.62. The van der Waals surface area contributed by atoms with Crippen LogP contribution in [0.5, 0.6) is 0 Å². The molecule has 2 aromatic heterocycles. The summed E-state index contributed by atoms with van der Waals surface area (Å²) in [5.41, 5.74) is 0.652.